The maximum absolute atomic E-state index is 13.0. The van der Waals surface area contributed by atoms with Crippen LogP contribution in [0.25, 0.3) is 0 Å². The van der Waals surface area contributed by atoms with Gasteiger partial charge >= 0.3 is 0 Å². The van der Waals surface area contributed by atoms with E-state index in [1.165, 1.54) is 37.2 Å². The van der Waals surface area contributed by atoms with E-state index in [1.54, 1.807) is 12.1 Å². The molecule has 1 N–H and O–H groups in total. The summed E-state index contributed by atoms with van der Waals surface area (Å²) in [5.74, 6) is -0.531. The standard InChI is InChI=1S/C17H19FN2O2/c18-14-5-3-13(4-6-14)10-20-12-17(22)16(21)9-15(20)11-19-7-1-2-8-19/h3-6,9,12,22H,1-2,7-8,10-11H2. The third-order valence-corrected chi connectivity index (χ3v) is 4.05. The molecule has 22 heavy (non-hydrogen) atoms. The lowest BCUT2D eigenvalue weighted by Crippen LogP contribution is -2.23. The number of halogens is 1. The molecule has 1 saturated heterocycles. The summed E-state index contributed by atoms with van der Waals surface area (Å²) >= 11 is 0. The number of hydrogen-bond acceptors (Lipinski definition) is 3. The molecule has 2 heterocycles. The number of hydrogen-bond donors (Lipinski definition) is 1. The van der Waals surface area contributed by atoms with Gasteiger partial charge in [-0.3, -0.25) is 9.69 Å². The molecule has 0 radical (unpaired) electrons. The van der Waals surface area contributed by atoms with Crippen LogP contribution in [-0.4, -0.2) is 27.7 Å². The lowest BCUT2D eigenvalue weighted by molar-refractivity contribution is 0.320. The summed E-state index contributed by atoms with van der Waals surface area (Å²) < 4.78 is 14.9. The summed E-state index contributed by atoms with van der Waals surface area (Å²) in [6, 6.07) is 7.75. The summed E-state index contributed by atoms with van der Waals surface area (Å²) in [6.07, 6.45) is 3.83. The average molecular weight is 302 g/mol. The van der Waals surface area contributed by atoms with Crippen LogP contribution in [0.15, 0.2) is 41.3 Å². The zero-order chi connectivity index (χ0) is 15.5. The van der Waals surface area contributed by atoms with E-state index >= 15 is 0 Å². The predicted molar refractivity (Wildman–Crippen MR) is 82.4 cm³/mol. The SMILES string of the molecule is O=c1cc(CN2CCCC2)n(Cc2ccc(F)cc2)cc1O. The monoisotopic (exact) mass is 302 g/mol. The number of nitrogens with zero attached hydrogens (tertiary/aromatic N) is 2. The van der Waals surface area contributed by atoms with Crippen LogP contribution < -0.4 is 5.43 Å². The number of aromatic hydroxyl groups is 1. The van der Waals surface area contributed by atoms with Gasteiger partial charge in [-0.25, -0.2) is 4.39 Å². The minimum atomic E-state index is -0.357. The van der Waals surface area contributed by atoms with E-state index in [0.29, 0.717) is 13.1 Å². The molecule has 4 nitrogen and oxygen atoms in total. The van der Waals surface area contributed by atoms with E-state index in [4.69, 9.17) is 0 Å². The molecular formula is C17H19FN2O2. The Hall–Kier alpha value is -2.14. The third kappa shape index (κ3) is 3.36. The van der Waals surface area contributed by atoms with Gasteiger partial charge in [0.25, 0.3) is 0 Å². The Labute approximate surface area is 128 Å². The summed E-state index contributed by atoms with van der Waals surface area (Å²) in [4.78, 5) is 14.0. The maximum Gasteiger partial charge on any atom is 0.223 e. The van der Waals surface area contributed by atoms with E-state index in [9.17, 15) is 14.3 Å². The number of benzene rings is 1. The van der Waals surface area contributed by atoms with Crippen LogP contribution in [0.5, 0.6) is 5.75 Å². The highest BCUT2D eigenvalue weighted by atomic mass is 19.1. The van der Waals surface area contributed by atoms with Gasteiger partial charge < -0.3 is 9.67 Å². The van der Waals surface area contributed by atoms with Crippen LogP contribution >= 0.6 is 0 Å². The largest absolute Gasteiger partial charge is 0.503 e. The van der Waals surface area contributed by atoms with Crippen molar-refractivity contribution in [3.63, 3.8) is 0 Å². The van der Waals surface area contributed by atoms with E-state index in [0.717, 1.165) is 24.3 Å². The van der Waals surface area contributed by atoms with Gasteiger partial charge in [-0.2, -0.15) is 0 Å². The first-order chi connectivity index (χ1) is 10.6. The molecule has 0 amide bonds. The van der Waals surface area contributed by atoms with Gasteiger partial charge in [-0.15, -0.1) is 0 Å². The summed E-state index contributed by atoms with van der Waals surface area (Å²) in [6.45, 7) is 3.26. The Balaban J connectivity index is 1.88. The fourth-order valence-electron chi connectivity index (χ4n) is 2.84. The number of likely N-dealkylation sites (tertiary alicyclic amines) is 1. The van der Waals surface area contributed by atoms with Crippen molar-refractivity contribution in [2.75, 3.05) is 13.1 Å². The quantitative estimate of drug-likeness (QED) is 0.943. The first kappa shape index (κ1) is 14.8. The first-order valence-electron chi connectivity index (χ1n) is 7.51. The van der Waals surface area contributed by atoms with Gasteiger partial charge in [0, 0.05) is 24.8 Å². The predicted octanol–water partition coefficient (Wildman–Crippen LogP) is 2.34. The van der Waals surface area contributed by atoms with Crippen molar-refractivity contribution in [1.82, 2.24) is 9.47 Å². The zero-order valence-electron chi connectivity index (χ0n) is 12.3. The highest BCUT2D eigenvalue weighted by Gasteiger charge is 2.15. The molecule has 0 unspecified atom stereocenters. The van der Waals surface area contributed by atoms with Gasteiger partial charge in [-0.05, 0) is 43.6 Å². The van der Waals surface area contributed by atoms with Crippen LogP contribution in [0, 0.1) is 5.82 Å². The molecule has 3 rings (SSSR count). The Morgan fingerprint density at radius 2 is 1.77 bits per heavy atom. The van der Waals surface area contributed by atoms with Crippen LogP contribution in [0.2, 0.25) is 0 Å². The van der Waals surface area contributed by atoms with Crippen molar-refractivity contribution in [2.45, 2.75) is 25.9 Å². The second-order valence-electron chi connectivity index (χ2n) is 5.75. The van der Waals surface area contributed by atoms with E-state index in [2.05, 4.69) is 4.90 Å². The van der Waals surface area contributed by atoms with E-state index in [1.807, 2.05) is 4.57 Å². The van der Waals surface area contributed by atoms with Crippen LogP contribution in [-0.2, 0) is 13.1 Å². The van der Waals surface area contributed by atoms with Crippen molar-refractivity contribution in [3.8, 4) is 5.75 Å². The number of aromatic nitrogens is 1. The maximum atomic E-state index is 13.0. The summed E-state index contributed by atoms with van der Waals surface area (Å²) in [5, 5.41) is 9.70. The first-order valence-corrected chi connectivity index (χ1v) is 7.51. The topological polar surface area (TPSA) is 45.5 Å². The fourth-order valence-corrected chi connectivity index (χ4v) is 2.84. The average Bonchev–Trinajstić information content (AvgIpc) is 2.99. The smallest absolute Gasteiger partial charge is 0.223 e. The van der Waals surface area contributed by atoms with Gasteiger partial charge in [0.1, 0.15) is 5.82 Å². The molecule has 0 bridgehead atoms. The van der Waals surface area contributed by atoms with Gasteiger partial charge in [-0.1, -0.05) is 12.1 Å². The molecule has 2 aromatic rings. The Morgan fingerprint density at radius 1 is 1.09 bits per heavy atom. The van der Waals surface area contributed by atoms with Crippen molar-refractivity contribution in [2.24, 2.45) is 0 Å². The van der Waals surface area contributed by atoms with Crippen molar-refractivity contribution < 1.29 is 9.50 Å². The zero-order valence-corrected chi connectivity index (χ0v) is 12.3. The van der Waals surface area contributed by atoms with Crippen molar-refractivity contribution in [3.05, 3.63) is 63.8 Å². The molecule has 0 aliphatic carbocycles. The Bertz CT molecular complexity index is 704. The van der Waals surface area contributed by atoms with Crippen LogP contribution in [0.1, 0.15) is 24.1 Å². The van der Waals surface area contributed by atoms with E-state index < -0.39 is 0 Å². The van der Waals surface area contributed by atoms with Gasteiger partial charge in [0.15, 0.2) is 5.75 Å². The third-order valence-electron chi connectivity index (χ3n) is 4.05. The highest BCUT2D eigenvalue weighted by molar-refractivity contribution is 5.23. The molecule has 0 spiro atoms. The Kier molecular flexibility index (Phi) is 4.24. The molecule has 1 aliphatic rings. The van der Waals surface area contributed by atoms with Crippen molar-refractivity contribution in [1.29, 1.82) is 0 Å². The minimum Gasteiger partial charge on any atom is -0.503 e. The van der Waals surface area contributed by atoms with Crippen molar-refractivity contribution >= 4 is 0 Å². The second kappa shape index (κ2) is 6.32. The molecule has 116 valence electrons. The highest BCUT2D eigenvalue weighted by Crippen LogP contribution is 2.15. The fraction of sp³-hybridized carbons (Fsp3) is 0.353. The summed E-state index contributed by atoms with van der Waals surface area (Å²) in [5.41, 5.74) is 1.44. The van der Waals surface area contributed by atoms with Crippen LogP contribution in [0.3, 0.4) is 0 Å². The normalized spacial score (nSPS) is 15.3. The molecule has 0 atom stereocenters. The molecule has 1 aliphatic heterocycles. The molecular weight excluding hydrogens is 283 g/mol. The Morgan fingerprint density at radius 3 is 2.45 bits per heavy atom. The van der Waals surface area contributed by atoms with Gasteiger partial charge in [0.2, 0.25) is 5.43 Å². The second-order valence-corrected chi connectivity index (χ2v) is 5.75. The van der Waals surface area contributed by atoms with Gasteiger partial charge in [0.05, 0.1) is 6.20 Å². The molecule has 0 saturated carbocycles. The van der Waals surface area contributed by atoms with Crippen LogP contribution in [0.4, 0.5) is 4.39 Å². The lowest BCUT2D eigenvalue weighted by atomic mass is 10.2. The lowest BCUT2D eigenvalue weighted by Gasteiger charge is -2.19. The van der Waals surface area contributed by atoms with E-state index in [-0.39, 0.29) is 17.0 Å². The molecule has 1 aromatic heterocycles. The molecule has 1 fully saturated rings. The number of pyridine rings is 1. The molecule has 1 aromatic carbocycles. The molecule has 5 heteroatoms. The number of rotatable bonds is 4. The minimum absolute atomic E-state index is 0.257. The summed E-state index contributed by atoms with van der Waals surface area (Å²) in [7, 11) is 0.